The molecule has 4 nitrogen and oxygen atoms in total. The van der Waals surface area contributed by atoms with E-state index in [4.69, 9.17) is 0 Å². The molecule has 76 valence electrons. The van der Waals surface area contributed by atoms with Crippen molar-refractivity contribution in [1.82, 2.24) is 14.8 Å². The average Bonchev–Trinajstić information content (AvgIpc) is 2.63. The van der Waals surface area contributed by atoms with Gasteiger partial charge in [-0.15, -0.1) is 6.58 Å². The largest absolute Gasteiger partial charge is 0.343 e. The average molecular weight is 201 g/mol. The molecule has 0 fully saturated rings. The number of rotatable bonds is 3. The molecule has 0 saturated heterocycles. The fourth-order valence-corrected chi connectivity index (χ4v) is 1.42. The van der Waals surface area contributed by atoms with Crippen LogP contribution in [0.1, 0.15) is 0 Å². The molecule has 2 aromatic rings. The number of hydrogen-bond acceptors (Lipinski definition) is 2. The number of aromatic amines is 1. The zero-order chi connectivity index (χ0) is 10.7. The van der Waals surface area contributed by atoms with Crippen LogP contribution in [0.25, 0.3) is 11.4 Å². The van der Waals surface area contributed by atoms with Gasteiger partial charge in [-0.05, 0) is 0 Å². The predicted octanol–water partition coefficient (Wildman–Crippen LogP) is 1.42. The number of H-pyrrole nitrogens is 1. The molecule has 0 radical (unpaired) electrons. The van der Waals surface area contributed by atoms with Gasteiger partial charge in [0, 0.05) is 12.1 Å². The van der Waals surface area contributed by atoms with Crippen LogP contribution >= 0.6 is 0 Å². The van der Waals surface area contributed by atoms with Crippen LogP contribution in [0.15, 0.2) is 47.8 Å². The zero-order valence-corrected chi connectivity index (χ0v) is 8.18. The van der Waals surface area contributed by atoms with E-state index < -0.39 is 0 Å². The molecule has 0 amide bonds. The Morgan fingerprint density at radius 3 is 2.80 bits per heavy atom. The van der Waals surface area contributed by atoms with Gasteiger partial charge in [0.2, 0.25) is 0 Å². The third-order valence-corrected chi connectivity index (χ3v) is 2.10. The van der Waals surface area contributed by atoms with Crippen LogP contribution in [0.2, 0.25) is 0 Å². The van der Waals surface area contributed by atoms with Gasteiger partial charge in [0.05, 0.1) is 0 Å². The van der Waals surface area contributed by atoms with Crippen molar-refractivity contribution < 1.29 is 0 Å². The van der Waals surface area contributed by atoms with Gasteiger partial charge < -0.3 is 0 Å². The summed E-state index contributed by atoms with van der Waals surface area (Å²) < 4.78 is 1.54. The van der Waals surface area contributed by atoms with E-state index in [1.54, 1.807) is 10.6 Å². The molecule has 0 atom stereocenters. The van der Waals surface area contributed by atoms with Crippen molar-refractivity contribution in [3.63, 3.8) is 0 Å². The Bertz CT molecular complexity index is 510. The fourth-order valence-electron chi connectivity index (χ4n) is 1.42. The number of nitrogens with zero attached hydrogens (tertiary/aromatic N) is 2. The summed E-state index contributed by atoms with van der Waals surface area (Å²) in [7, 11) is 0. The van der Waals surface area contributed by atoms with Gasteiger partial charge in [-0.2, -0.15) is 5.10 Å². The van der Waals surface area contributed by atoms with Gasteiger partial charge in [0.1, 0.15) is 0 Å². The molecule has 1 heterocycles. The molecule has 0 spiro atoms. The Morgan fingerprint density at radius 2 is 2.13 bits per heavy atom. The smallest absolute Gasteiger partial charge is 0.271 e. The van der Waals surface area contributed by atoms with Gasteiger partial charge in [0.25, 0.3) is 0 Å². The zero-order valence-electron chi connectivity index (χ0n) is 8.18. The van der Waals surface area contributed by atoms with Gasteiger partial charge >= 0.3 is 5.69 Å². The summed E-state index contributed by atoms with van der Waals surface area (Å²) in [5.41, 5.74) is 0.700. The summed E-state index contributed by atoms with van der Waals surface area (Å²) in [5.74, 6) is 0.639. The molecule has 0 aliphatic rings. The minimum atomic E-state index is -0.214. The highest BCUT2D eigenvalue weighted by molar-refractivity contribution is 5.54. The van der Waals surface area contributed by atoms with Gasteiger partial charge in [0.15, 0.2) is 5.82 Å². The van der Waals surface area contributed by atoms with E-state index in [9.17, 15) is 4.79 Å². The van der Waals surface area contributed by atoms with Crippen LogP contribution < -0.4 is 5.69 Å². The molecule has 4 heteroatoms. The first kappa shape index (κ1) is 9.45. The highest BCUT2D eigenvalue weighted by Crippen LogP contribution is 2.13. The maximum atomic E-state index is 11.4. The van der Waals surface area contributed by atoms with Crippen LogP contribution in [0.5, 0.6) is 0 Å². The molecular formula is C11H11N3O. The summed E-state index contributed by atoms with van der Waals surface area (Å²) in [6.07, 6.45) is 1.67. The van der Waals surface area contributed by atoms with Crippen LogP contribution in [0.3, 0.4) is 0 Å². The van der Waals surface area contributed by atoms with Crippen molar-refractivity contribution in [2.45, 2.75) is 6.54 Å². The number of allylic oxidation sites excluding steroid dienone is 1. The van der Waals surface area contributed by atoms with E-state index in [1.807, 2.05) is 30.3 Å². The van der Waals surface area contributed by atoms with Crippen molar-refractivity contribution in [3.05, 3.63) is 53.5 Å². The van der Waals surface area contributed by atoms with Crippen molar-refractivity contribution in [2.75, 3.05) is 0 Å². The molecule has 1 aromatic heterocycles. The molecule has 1 aromatic carbocycles. The first-order chi connectivity index (χ1) is 7.33. The van der Waals surface area contributed by atoms with E-state index >= 15 is 0 Å². The van der Waals surface area contributed by atoms with Gasteiger partial charge in [-0.1, -0.05) is 36.4 Å². The second kappa shape index (κ2) is 3.96. The standard InChI is InChI=1S/C11H11N3O/c1-2-8-14-10(12-13-11(14)15)9-6-4-3-5-7-9/h2-7H,1,8H2,(H,13,15). The number of nitrogens with one attached hydrogen (secondary N) is 1. The normalized spacial score (nSPS) is 10.1. The van der Waals surface area contributed by atoms with Crippen molar-refractivity contribution in [1.29, 1.82) is 0 Å². The van der Waals surface area contributed by atoms with Crippen LogP contribution in [-0.4, -0.2) is 14.8 Å². The summed E-state index contributed by atoms with van der Waals surface area (Å²) in [6, 6.07) is 9.57. The Balaban J connectivity index is 2.54. The first-order valence-electron chi connectivity index (χ1n) is 4.64. The number of benzene rings is 1. The topological polar surface area (TPSA) is 50.7 Å². The summed E-state index contributed by atoms with van der Waals surface area (Å²) >= 11 is 0. The molecule has 0 saturated carbocycles. The maximum Gasteiger partial charge on any atom is 0.343 e. The van der Waals surface area contributed by atoms with Crippen molar-refractivity contribution in [3.8, 4) is 11.4 Å². The molecular weight excluding hydrogens is 190 g/mol. The van der Waals surface area contributed by atoms with Gasteiger partial charge in [-0.3, -0.25) is 4.57 Å². The lowest BCUT2D eigenvalue weighted by Crippen LogP contribution is -2.16. The van der Waals surface area contributed by atoms with E-state index in [0.29, 0.717) is 12.4 Å². The summed E-state index contributed by atoms with van der Waals surface area (Å²) in [5, 5.41) is 6.41. The number of aromatic nitrogens is 3. The minimum absolute atomic E-state index is 0.214. The van der Waals surface area contributed by atoms with E-state index in [-0.39, 0.29) is 5.69 Å². The molecule has 0 aliphatic carbocycles. The highest BCUT2D eigenvalue weighted by atomic mass is 16.1. The van der Waals surface area contributed by atoms with E-state index in [2.05, 4.69) is 16.8 Å². The molecule has 2 rings (SSSR count). The predicted molar refractivity (Wildman–Crippen MR) is 58.5 cm³/mol. The van der Waals surface area contributed by atoms with Crippen LogP contribution in [-0.2, 0) is 6.54 Å². The van der Waals surface area contributed by atoms with Crippen molar-refractivity contribution >= 4 is 0 Å². The van der Waals surface area contributed by atoms with E-state index in [0.717, 1.165) is 5.56 Å². The molecule has 0 aliphatic heterocycles. The minimum Gasteiger partial charge on any atom is -0.271 e. The SMILES string of the molecule is C=CCn1c(-c2ccccc2)n[nH]c1=O. The molecule has 15 heavy (non-hydrogen) atoms. The third kappa shape index (κ3) is 1.74. The number of hydrogen-bond donors (Lipinski definition) is 1. The Kier molecular flexibility index (Phi) is 2.49. The summed E-state index contributed by atoms with van der Waals surface area (Å²) in [6.45, 7) is 4.07. The summed E-state index contributed by atoms with van der Waals surface area (Å²) in [4.78, 5) is 11.4. The highest BCUT2D eigenvalue weighted by Gasteiger charge is 2.07. The second-order valence-corrected chi connectivity index (χ2v) is 3.12. The fraction of sp³-hybridized carbons (Fsp3) is 0.0909. The quantitative estimate of drug-likeness (QED) is 0.763. The Labute approximate surface area is 86.9 Å². The monoisotopic (exact) mass is 201 g/mol. The lowest BCUT2D eigenvalue weighted by Gasteiger charge is -2.01. The Hall–Kier alpha value is -2.10. The molecule has 1 N–H and O–H groups in total. The lowest BCUT2D eigenvalue weighted by atomic mass is 10.2. The van der Waals surface area contributed by atoms with Crippen LogP contribution in [0, 0.1) is 0 Å². The maximum absolute atomic E-state index is 11.4. The molecule has 0 unspecified atom stereocenters. The lowest BCUT2D eigenvalue weighted by molar-refractivity contribution is 0.790. The van der Waals surface area contributed by atoms with Crippen LogP contribution in [0.4, 0.5) is 0 Å². The third-order valence-electron chi connectivity index (χ3n) is 2.10. The van der Waals surface area contributed by atoms with Gasteiger partial charge in [-0.25, -0.2) is 9.89 Å². The Morgan fingerprint density at radius 1 is 1.40 bits per heavy atom. The molecule has 0 bridgehead atoms. The first-order valence-corrected chi connectivity index (χ1v) is 4.64. The second-order valence-electron chi connectivity index (χ2n) is 3.12. The van der Waals surface area contributed by atoms with E-state index in [1.165, 1.54) is 0 Å². The van der Waals surface area contributed by atoms with Crippen molar-refractivity contribution in [2.24, 2.45) is 0 Å².